The first-order valence-electron chi connectivity index (χ1n) is 5.78. The minimum absolute atomic E-state index is 0.337. The van der Waals surface area contributed by atoms with Gasteiger partial charge in [-0.05, 0) is 43.4 Å². The van der Waals surface area contributed by atoms with E-state index >= 15 is 0 Å². The van der Waals surface area contributed by atoms with Gasteiger partial charge in [0.2, 0.25) is 0 Å². The maximum absolute atomic E-state index is 4.55. The molecule has 0 atom stereocenters. The Morgan fingerprint density at radius 1 is 1.33 bits per heavy atom. The molecule has 0 aromatic carbocycles. The van der Waals surface area contributed by atoms with Gasteiger partial charge in [-0.1, -0.05) is 0 Å². The van der Waals surface area contributed by atoms with E-state index in [0.29, 0.717) is 11.9 Å². The van der Waals surface area contributed by atoms with Crippen LogP contribution in [0.25, 0.3) is 11.5 Å². The van der Waals surface area contributed by atoms with Gasteiger partial charge in [0.1, 0.15) is 11.5 Å². The van der Waals surface area contributed by atoms with Gasteiger partial charge >= 0.3 is 0 Å². The SMILES string of the molecule is CNc1nc(-c2cncn2C(C)C)nc(C)c1I. The molecule has 0 radical (unpaired) electrons. The number of aryl methyl sites for hydroxylation is 1. The Morgan fingerprint density at radius 3 is 2.67 bits per heavy atom. The van der Waals surface area contributed by atoms with Crippen molar-refractivity contribution in [2.24, 2.45) is 0 Å². The molecule has 2 aromatic heterocycles. The van der Waals surface area contributed by atoms with Crippen molar-refractivity contribution in [2.75, 3.05) is 12.4 Å². The molecule has 2 aromatic rings. The lowest BCUT2D eigenvalue weighted by Gasteiger charge is -2.13. The smallest absolute Gasteiger partial charge is 0.180 e. The van der Waals surface area contributed by atoms with Crippen LogP contribution >= 0.6 is 22.6 Å². The highest BCUT2D eigenvalue weighted by atomic mass is 127. The van der Waals surface area contributed by atoms with Gasteiger partial charge in [0.05, 0.1) is 21.8 Å². The van der Waals surface area contributed by atoms with Crippen molar-refractivity contribution in [3.8, 4) is 11.5 Å². The molecule has 5 nitrogen and oxygen atoms in total. The summed E-state index contributed by atoms with van der Waals surface area (Å²) in [7, 11) is 1.87. The summed E-state index contributed by atoms with van der Waals surface area (Å²) in [6.45, 7) is 6.22. The first kappa shape index (κ1) is 13.3. The zero-order valence-electron chi connectivity index (χ0n) is 10.9. The Balaban J connectivity index is 2.57. The topological polar surface area (TPSA) is 55.6 Å². The third-order valence-corrected chi connectivity index (χ3v) is 4.00. The minimum atomic E-state index is 0.337. The summed E-state index contributed by atoms with van der Waals surface area (Å²) in [5.74, 6) is 1.57. The summed E-state index contributed by atoms with van der Waals surface area (Å²) in [6, 6.07) is 0.337. The average molecular weight is 357 g/mol. The number of hydrogen-bond acceptors (Lipinski definition) is 4. The van der Waals surface area contributed by atoms with Gasteiger partial charge in [0, 0.05) is 13.1 Å². The maximum Gasteiger partial charge on any atom is 0.180 e. The molecule has 2 rings (SSSR count). The number of anilines is 1. The molecule has 0 unspecified atom stereocenters. The van der Waals surface area contributed by atoms with Crippen molar-refractivity contribution in [1.82, 2.24) is 19.5 Å². The number of imidazole rings is 1. The first-order valence-corrected chi connectivity index (χ1v) is 6.86. The molecular formula is C12H16IN5. The van der Waals surface area contributed by atoms with Crippen LogP contribution in [-0.4, -0.2) is 26.6 Å². The second kappa shape index (κ2) is 5.21. The molecule has 0 aliphatic heterocycles. The summed E-state index contributed by atoms with van der Waals surface area (Å²) in [5.41, 5.74) is 1.92. The lowest BCUT2D eigenvalue weighted by atomic mass is 10.3. The van der Waals surface area contributed by atoms with Gasteiger partial charge in [-0.25, -0.2) is 15.0 Å². The van der Waals surface area contributed by atoms with Crippen molar-refractivity contribution >= 4 is 28.4 Å². The van der Waals surface area contributed by atoms with Crippen LogP contribution in [0.1, 0.15) is 25.6 Å². The zero-order valence-corrected chi connectivity index (χ0v) is 13.1. The summed E-state index contributed by atoms with van der Waals surface area (Å²) >= 11 is 2.25. The molecule has 0 bridgehead atoms. The largest absolute Gasteiger partial charge is 0.372 e. The normalized spacial score (nSPS) is 11.0. The van der Waals surface area contributed by atoms with E-state index in [1.807, 2.05) is 20.3 Å². The number of halogens is 1. The van der Waals surface area contributed by atoms with Gasteiger partial charge in [-0.15, -0.1) is 0 Å². The van der Waals surface area contributed by atoms with Crippen LogP contribution in [0.5, 0.6) is 0 Å². The van der Waals surface area contributed by atoms with Gasteiger partial charge < -0.3 is 9.88 Å². The van der Waals surface area contributed by atoms with Crippen LogP contribution in [0.4, 0.5) is 5.82 Å². The standard InChI is InChI=1S/C12H16IN5/c1-7(2)18-6-15-5-9(18)11-16-8(3)10(13)12(14-4)17-11/h5-7H,1-4H3,(H,14,16,17). The second-order valence-electron chi connectivity index (χ2n) is 4.33. The van der Waals surface area contributed by atoms with Crippen LogP contribution in [0.2, 0.25) is 0 Å². The summed E-state index contributed by atoms with van der Waals surface area (Å²) < 4.78 is 3.12. The Bertz CT molecular complexity index is 562. The van der Waals surface area contributed by atoms with Crippen molar-refractivity contribution in [3.05, 3.63) is 21.8 Å². The van der Waals surface area contributed by atoms with Gasteiger partial charge in [0.15, 0.2) is 5.82 Å². The lowest BCUT2D eigenvalue weighted by Crippen LogP contribution is -2.07. The van der Waals surface area contributed by atoms with Crippen molar-refractivity contribution in [1.29, 1.82) is 0 Å². The first-order chi connectivity index (χ1) is 8.54. The number of nitrogens with one attached hydrogen (secondary N) is 1. The van der Waals surface area contributed by atoms with Crippen LogP contribution in [0.3, 0.4) is 0 Å². The predicted molar refractivity (Wildman–Crippen MR) is 80.6 cm³/mol. The van der Waals surface area contributed by atoms with E-state index in [9.17, 15) is 0 Å². The minimum Gasteiger partial charge on any atom is -0.372 e. The lowest BCUT2D eigenvalue weighted by molar-refractivity contribution is 0.603. The molecule has 0 aliphatic rings. The number of aromatic nitrogens is 4. The molecular weight excluding hydrogens is 341 g/mol. The molecule has 0 aliphatic carbocycles. The quantitative estimate of drug-likeness (QED) is 0.859. The van der Waals surface area contributed by atoms with E-state index in [1.54, 1.807) is 6.20 Å². The molecule has 6 heteroatoms. The number of hydrogen-bond donors (Lipinski definition) is 1. The third-order valence-electron chi connectivity index (χ3n) is 2.71. The molecule has 0 amide bonds. The number of nitrogens with zero attached hydrogens (tertiary/aromatic N) is 4. The predicted octanol–water partition coefficient (Wildman–Crippen LogP) is 2.88. The summed E-state index contributed by atoms with van der Waals surface area (Å²) in [6.07, 6.45) is 3.62. The van der Waals surface area contributed by atoms with E-state index in [4.69, 9.17) is 0 Å². The summed E-state index contributed by atoms with van der Waals surface area (Å²) in [5, 5.41) is 3.10. The monoisotopic (exact) mass is 357 g/mol. The van der Waals surface area contributed by atoms with Gasteiger partial charge in [0.25, 0.3) is 0 Å². The van der Waals surface area contributed by atoms with Crippen molar-refractivity contribution in [2.45, 2.75) is 26.8 Å². The Labute approximate surface area is 120 Å². The van der Waals surface area contributed by atoms with Gasteiger partial charge in [-0.2, -0.15) is 0 Å². The zero-order chi connectivity index (χ0) is 13.3. The molecule has 2 heterocycles. The van der Waals surface area contributed by atoms with E-state index in [0.717, 1.165) is 20.8 Å². The van der Waals surface area contributed by atoms with Crippen LogP contribution in [0, 0.1) is 10.5 Å². The van der Waals surface area contributed by atoms with Crippen LogP contribution in [0.15, 0.2) is 12.5 Å². The fourth-order valence-corrected chi connectivity index (χ4v) is 2.24. The van der Waals surface area contributed by atoms with Crippen LogP contribution in [-0.2, 0) is 0 Å². The van der Waals surface area contributed by atoms with E-state index < -0.39 is 0 Å². The average Bonchev–Trinajstić information content (AvgIpc) is 2.81. The molecule has 0 fully saturated rings. The highest BCUT2D eigenvalue weighted by Crippen LogP contribution is 2.24. The Morgan fingerprint density at radius 2 is 2.06 bits per heavy atom. The fraction of sp³-hybridized carbons (Fsp3) is 0.417. The van der Waals surface area contributed by atoms with Gasteiger partial charge in [-0.3, -0.25) is 0 Å². The molecule has 96 valence electrons. The second-order valence-corrected chi connectivity index (χ2v) is 5.40. The Kier molecular flexibility index (Phi) is 3.84. The molecule has 0 saturated carbocycles. The molecule has 18 heavy (non-hydrogen) atoms. The molecule has 0 spiro atoms. The maximum atomic E-state index is 4.55. The van der Waals surface area contributed by atoms with Crippen molar-refractivity contribution < 1.29 is 0 Å². The third kappa shape index (κ3) is 2.33. The summed E-state index contributed by atoms with van der Waals surface area (Å²) in [4.78, 5) is 13.3. The van der Waals surface area contributed by atoms with E-state index in [1.165, 1.54) is 0 Å². The highest BCUT2D eigenvalue weighted by molar-refractivity contribution is 14.1. The van der Waals surface area contributed by atoms with Crippen LogP contribution < -0.4 is 5.32 Å². The fourth-order valence-electron chi connectivity index (χ4n) is 1.73. The van der Waals surface area contributed by atoms with Crippen molar-refractivity contribution in [3.63, 3.8) is 0 Å². The Hall–Kier alpha value is -1.18. The highest BCUT2D eigenvalue weighted by Gasteiger charge is 2.14. The number of rotatable bonds is 3. The molecule has 1 N–H and O–H groups in total. The van der Waals surface area contributed by atoms with E-state index in [-0.39, 0.29) is 0 Å². The molecule has 0 saturated heterocycles. The van der Waals surface area contributed by atoms with E-state index in [2.05, 4.69) is 61.3 Å².